The molecule has 0 aromatic rings. The van der Waals surface area contributed by atoms with Gasteiger partial charge in [0.2, 0.25) is 0 Å². The molecule has 0 spiro atoms. The predicted octanol–water partition coefficient (Wildman–Crippen LogP) is 2.08. The van der Waals surface area contributed by atoms with E-state index in [1.165, 1.54) is 6.08 Å². The lowest BCUT2D eigenvalue weighted by molar-refractivity contribution is 0.110. The van der Waals surface area contributed by atoms with Crippen LogP contribution in [0.25, 0.3) is 0 Å². The molecule has 86 valence electrons. The number of allylic oxidation sites excluding steroid dienone is 1. The summed E-state index contributed by atoms with van der Waals surface area (Å²) in [6.45, 7) is 7.20. The molecule has 1 rings (SSSR count). The van der Waals surface area contributed by atoms with Crippen LogP contribution in [0, 0.1) is 0 Å². The minimum Gasteiger partial charge on any atom is -0.383 e. The molecule has 0 saturated carbocycles. The highest BCUT2D eigenvalue weighted by Crippen LogP contribution is 2.44. The number of hydrogen-bond donors (Lipinski definition) is 1. The highest BCUT2D eigenvalue weighted by molar-refractivity contribution is 8.13. The number of hydrogen-bond acceptors (Lipinski definition) is 3. The largest absolute Gasteiger partial charge is 0.383 e. The first-order valence-electron chi connectivity index (χ1n) is 5.02. The van der Waals surface area contributed by atoms with E-state index in [1.807, 2.05) is 19.1 Å². The van der Waals surface area contributed by atoms with Crippen LogP contribution in [0.2, 0.25) is 0 Å². The third-order valence-electron chi connectivity index (χ3n) is 2.62. The van der Waals surface area contributed by atoms with Crippen molar-refractivity contribution in [2.24, 2.45) is 0 Å². The van der Waals surface area contributed by atoms with E-state index in [0.29, 0.717) is 5.75 Å². The molecule has 1 N–H and O–H groups in total. The van der Waals surface area contributed by atoms with Gasteiger partial charge in [-0.3, -0.25) is 4.21 Å². The Morgan fingerprint density at radius 2 is 2.33 bits per heavy atom. The van der Waals surface area contributed by atoms with Crippen LogP contribution in [0.4, 0.5) is 0 Å². The summed E-state index contributed by atoms with van der Waals surface area (Å²) in [4.78, 5) is 0. The molecule has 0 bridgehead atoms. The molecule has 0 aromatic carbocycles. The van der Waals surface area contributed by atoms with Crippen molar-refractivity contribution in [1.82, 2.24) is 0 Å². The summed E-state index contributed by atoms with van der Waals surface area (Å²) in [5.74, 6) is 1.58. The number of aliphatic hydroxyl groups is 1. The molecule has 1 heterocycles. The molecular weight excluding hydrogens is 228 g/mol. The second-order valence-corrected chi connectivity index (χ2v) is 7.11. The summed E-state index contributed by atoms with van der Waals surface area (Å²) in [6.07, 6.45) is 6.15. The maximum absolute atomic E-state index is 12.1. The Kier molecular flexibility index (Phi) is 4.20. The van der Waals surface area contributed by atoms with Gasteiger partial charge in [0.05, 0.1) is 0 Å². The van der Waals surface area contributed by atoms with E-state index in [2.05, 4.69) is 6.58 Å². The quantitative estimate of drug-likeness (QED) is 0.775. The van der Waals surface area contributed by atoms with Crippen molar-refractivity contribution >= 4 is 22.6 Å². The standard InChI is InChI=1S/C11H18O2S2/c1-4-7-11(10(3,12)5-2)14-8-6-9-15(11)13/h4-5,7,12H,2,6,8-9H2,1,3H3/b7-4+/t10?,11-,15?/m1/s1. The van der Waals surface area contributed by atoms with Crippen LogP contribution in [0.5, 0.6) is 0 Å². The molecule has 1 aliphatic heterocycles. The Balaban J connectivity index is 3.17. The zero-order chi connectivity index (χ0) is 11.5. The third kappa shape index (κ3) is 2.22. The zero-order valence-corrected chi connectivity index (χ0v) is 10.9. The van der Waals surface area contributed by atoms with Gasteiger partial charge in [-0.1, -0.05) is 18.2 Å². The SMILES string of the molecule is C=CC(C)(O)[C@]1(/C=C/C)SCCCS1=O. The van der Waals surface area contributed by atoms with Crippen molar-refractivity contribution < 1.29 is 9.32 Å². The fraction of sp³-hybridized carbons (Fsp3) is 0.636. The van der Waals surface area contributed by atoms with Crippen LogP contribution in [0.15, 0.2) is 24.8 Å². The molecule has 0 aliphatic carbocycles. The van der Waals surface area contributed by atoms with Gasteiger partial charge in [-0.25, -0.2) is 0 Å². The summed E-state index contributed by atoms with van der Waals surface area (Å²) in [5.41, 5.74) is -1.13. The Hall–Kier alpha value is -0.0600. The molecule has 1 saturated heterocycles. The number of thioether (sulfide) groups is 1. The first kappa shape index (κ1) is 13.0. The molecule has 4 heteroatoms. The van der Waals surface area contributed by atoms with E-state index in [1.54, 1.807) is 18.7 Å². The van der Waals surface area contributed by atoms with Crippen molar-refractivity contribution in [2.75, 3.05) is 11.5 Å². The van der Waals surface area contributed by atoms with Gasteiger partial charge >= 0.3 is 0 Å². The van der Waals surface area contributed by atoms with Crippen LogP contribution < -0.4 is 0 Å². The van der Waals surface area contributed by atoms with E-state index >= 15 is 0 Å². The molecule has 15 heavy (non-hydrogen) atoms. The first-order chi connectivity index (χ1) is 7.00. The Bertz CT molecular complexity index is 297. The fourth-order valence-corrected chi connectivity index (χ4v) is 5.61. The van der Waals surface area contributed by atoms with Crippen LogP contribution in [0.1, 0.15) is 20.3 Å². The van der Waals surface area contributed by atoms with Gasteiger partial charge < -0.3 is 5.11 Å². The van der Waals surface area contributed by atoms with E-state index in [4.69, 9.17) is 0 Å². The molecule has 0 aromatic heterocycles. The minimum absolute atomic E-state index is 0.654. The monoisotopic (exact) mass is 246 g/mol. The van der Waals surface area contributed by atoms with E-state index < -0.39 is 20.5 Å². The molecule has 0 radical (unpaired) electrons. The lowest BCUT2D eigenvalue weighted by Gasteiger charge is -2.42. The maximum atomic E-state index is 12.1. The van der Waals surface area contributed by atoms with Gasteiger partial charge in [0.1, 0.15) is 9.68 Å². The molecular formula is C11H18O2S2. The lowest BCUT2D eigenvalue weighted by Crippen LogP contribution is -2.52. The summed E-state index contributed by atoms with van der Waals surface area (Å²) in [5, 5.41) is 10.3. The summed E-state index contributed by atoms with van der Waals surface area (Å²) >= 11 is 1.57. The smallest absolute Gasteiger partial charge is 0.141 e. The Morgan fingerprint density at radius 1 is 1.67 bits per heavy atom. The first-order valence-corrected chi connectivity index (χ1v) is 7.33. The highest BCUT2D eigenvalue weighted by Gasteiger charge is 2.50. The fourth-order valence-electron chi connectivity index (χ4n) is 1.66. The van der Waals surface area contributed by atoms with Crippen LogP contribution in [-0.2, 0) is 10.8 Å². The van der Waals surface area contributed by atoms with E-state index in [-0.39, 0.29) is 0 Å². The van der Waals surface area contributed by atoms with Crippen molar-refractivity contribution in [3.8, 4) is 0 Å². The van der Waals surface area contributed by atoms with Crippen molar-refractivity contribution in [3.63, 3.8) is 0 Å². The van der Waals surface area contributed by atoms with Gasteiger partial charge in [-0.2, -0.15) is 0 Å². The average molecular weight is 246 g/mol. The Labute approximate surface area is 98.3 Å². The predicted molar refractivity (Wildman–Crippen MR) is 68.5 cm³/mol. The van der Waals surface area contributed by atoms with Gasteiger partial charge in [-0.05, 0) is 26.0 Å². The lowest BCUT2D eigenvalue weighted by atomic mass is 10.0. The van der Waals surface area contributed by atoms with Crippen LogP contribution in [0.3, 0.4) is 0 Å². The molecule has 2 unspecified atom stereocenters. The van der Waals surface area contributed by atoms with Gasteiger partial charge in [0.15, 0.2) is 0 Å². The second kappa shape index (κ2) is 4.85. The van der Waals surface area contributed by atoms with Crippen molar-refractivity contribution in [1.29, 1.82) is 0 Å². The minimum atomic E-state index is -1.13. The molecule has 2 nitrogen and oxygen atoms in total. The van der Waals surface area contributed by atoms with E-state index in [9.17, 15) is 9.32 Å². The van der Waals surface area contributed by atoms with Crippen LogP contribution in [-0.4, -0.2) is 30.5 Å². The topological polar surface area (TPSA) is 37.3 Å². The summed E-state index contributed by atoms with van der Waals surface area (Å²) in [6, 6.07) is 0. The normalized spacial score (nSPS) is 36.3. The van der Waals surface area contributed by atoms with Gasteiger partial charge in [0, 0.05) is 16.6 Å². The van der Waals surface area contributed by atoms with Gasteiger partial charge in [0.25, 0.3) is 0 Å². The van der Waals surface area contributed by atoms with Crippen molar-refractivity contribution in [3.05, 3.63) is 24.8 Å². The average Bonchev–Trinajstić information content (AvgIpc) is 2.21. The van der Waals surface area contributed by atoms with Gasteiger partial charge in [-0.15, -0.1) is 18.3 Å². The summed E-state index contributed by atoms with van der Waals surface area (Å²) < 4.78 is 11.4. The molecule has 1 fully saturated rings. The van der Waals surface area contributed by atoms with E-state index in [0.717, 1.165) is 12.2 Å². The third-order valence-corrected chi connectivity index (χ3v) is 6.89. The molecule has 3 atom stereocenters. The highest BCUT2D eigenvalue weighted by atomic mass is 32.2. The Morgan fingerprint density at radius 3 is 2.80 bits per heavy atom. The number of rotatable bonds is 3. The van der Waals surface area contributed by atoms with Crippen LogP contribution >= 0.6 is 11.8 Å². The molecule has 1 aliphatic rings. The van der Waals surface area contributed by atoms with Crippen molar-refractivity contribution in [2.45, 2.75) is 29.9 Å². The zero-order valence-electron chi connectivity index (χ0n) is 9.23. The maximum Gasteiger partial charge on any atom is 0.141 e. The summed E-state index contributed by atoms with van der Waals surface area (Å²) in [7, 11) is -1.05. The molecule has 0 amide bonds. The second-order valence-electron chi connectivity index (χ2n) is 3.77.